The molecule has 2 amide bonds. The molecule has 9 heteroatoms. The largest absolute Gasteiger partial charge is 0.489 e. The topological polar surface area (TPSA) is 77.8 Å². The van der Waals surface area contributed by atoms with Crippen molar-refractivity contribution in [2.75, 3.05) is 13.2 Å². The fraction of sp³-hybridized carbons (Fsp3) is 0.222. The van der Waals surface area contributed by atoms with Gasteiger partial charge in [-0.25, -0.2) is 0 Å². The minimum Gasteiger partial charge on any atom is -0.489 e. The van der Waals surface area contributed by atoms with E-state index in [4.69, 9.17) is 21.1 Å². The lowest BCUT2D eigenvalue weighted by molar-refractivity contribution is -0.145. The van der Waals surface area contributed by atoms with E-state index in [-0.39, 0.29) is 18.1 Å². The molecular weight excluding hydrogens is 500 g/mol. The van der Waals surface area contributed by atoms with Gasteiger partial charge in [0.1, 0.15) is 18.9 Å². The summed E-state index contributed by atoms with van der Waals surface area (Å²) in [6, 6.07) is 17.2. The maximum atomic E-state index is 12.7. The van der Waals surface area contributed by atoms with Gasteiger partial charge in [-0.2, -0.15) is 0 Å². The molecule has 3 aromatic rings. The van der Waals surface area contributed by atoms with E-state index in [9.17, 15) is 14.4 Å². The van der Waals surface area contributed by atoms with Crippen LogP contribution in [0.5, 0.6) is 5.75 Å². The van der Waals surface area contributed by atoms with Crippen molar-refractivity contribution in [1.82, 2.24) is 9.47 Å². The molecule has 0 unspecified atom stereocenters. The number of carbonyl (C=O) groups excluding carboxylic acids is 3. The first-order valence-electron chi connectivity index (χ1n) is 11.3. The van der Waals surface area contributed by atoms with E-state index in [0.717, 1.165) is 50.6 Å². The third-order valence-corrected chi connectivity index (χ3v) is 6.95. The number of carbonyl (C=O) groups is 3. The highest BCUT2D eigenvalue weighted by Crippen LogP contribution is 2.34. The van der Waals surface area contributed by atoms with Gasteiger partial charge in [0, 0.05) is 27.7 Å². The minimum atomic E-state index is -0.612. The lowest BCUT2D eigenvalue weighted by atomic mass is 10.2. The van der Waals surface area contributed by atoms with E-state index in [0.29, 0.717) is 11.6 Å². The predicted molar refractivity (Wildman–Crippen MR) is 140 cm³/mol. The van der Waals surface area contributed by atoms with Gasteiger partial charge in [-0.3, -0.25) is 19.3 Å². The van der Waals surface area contributed by atoms with Gasteiger partial charge >= 0.3 is 5.97 Å². The summed E-state index contributed by atoms with van der Waals surface area (Å²) in [6.45, 7) is 5.76. The minimum absolute atomic E-state index is 0.186. The van der Waals surface area contributed by atoms with Crippen LogP contribution in [-0.2, 0) is 20.9 Å². The summed E-state index contributed by atoms with van der Waals surface area (Å²) < 4.78 is 12.8. The van der Waals surface area contributed by atoms with Crippen LogP contribution in [0.1, 0.15) is 29.4 Å². The molecular formula is C27H25ClN2O5S. The zero-order chi connectivity index (χ0) is 25.8. The molecule has 0 spiro atoms. The van der Waals surface area contributed by atoms with E-state index >= 15 is 0 Å². The van der Waals surface area contributed by atoms with Crippen molar-refractivity contribution >= 4 is 46.6 Å². The number of rotatable bonds is 8. The van der Waals surface area contributed by atoms with Crippen molar-refractivity contribution in [3.63, 3.8) is 0 Å². The standard InChI is InChI=1S/C27H25ClN2O5S/c1-4-34-25(31)15-29-26(32)24(36-27(29)33)14-20-13-17(2)30(18(20)3)21-9-11-22(12-10-21)35-16-19-7-5-6-8-23(19)28/h5-14H,4,15-16H2,1-3H3/b24-14+. The molecule has 0 bridgehead atoms. The third-order valence-electron chi connectivity index (χ3n) is 5.67. The van der Waals surface area contributed by atoms with Gasteiger partial charge in [-0.15, -0.1) is 0 Å². The van der Waals surface area contributed by atoms with Crippen LogP contribution < -0.4 is 4.74 Å². The summed E-state index contributed by atoms with van der Waals surface area (Å²) in [5, 5.41) is 0.180. The molecule has 0 saturated carbocycles. The molecule has 1 saturated heterocycles. The Hall–Kier alpha value is -3.49. The van der Waals surface area contributed by atoms with Crippen LogP contribution in [0.15, 0.2) is 59.5 Å². The number of hydrogen-bond acceptors (Lipinski definition) is 6. The molecule has 1 fully saturated rings. The number of amides is 2. The Morgan fingerprint density at radius 3 is 2.50 bits per heavy atom. The monoisotopic (exact) mass is 524 g/mol. The molecule has 2 aromatic carbocycles. The number of esters is 1. The van der Waals surface area contributed by atoms with Crippen LogP contribution in [0.25, 0.3) is 11.8 Å². The van der Waals surface area contributed by atoms with Gasteiger partial charge in [0.05, 0.1) is 11.5 Å². The number of halogens is 1. The first-order valence-corrected chi connectivity index (χ1v) is 12.5. The third kappa shape index (κ3) is 5.50. The number of hydrogen-bond donors (Lipinski definition) is 0. The molecule has 2 heterocycles. The number of ether oxygens (including phenoxy) is 2. The second-order valence-corrected chi connectivity index (χ2v) is 9.51. The van der Waals surface area contributed by atoms with E-state index in [1.165, 1.54) is 0 Å². The molecule has 36 heavy (non-hydrogen) atoms. The highest BCUT2D eigenvalue weighted by molar-refractivity contribution is 8.18. The Kier molecular flexibility index (Phi) is 7.86. The molecule has 7 nitrogen and oxygen atoms in total. The molecule has 1 aromatic heterocycles. The molecule has 0 aliphatic carbocycles. The smallest absolute Gasteiger partial charge is 0.326 e. The summed E-state index contributed by atoms with van der Waals surface area (Å²) >= 11 is 7.02. The summed E-state index contributed by atoms with van der Waals surface area (Å²) in [6.07, 6.45) is 1.69. The summed E-state index contributed by atoms with van der Waals surface area (Å²) in [5.41, 5.74) is 4.54. The van der Waals surface area contributed by atoms with Gasteiger partial charge in [0.25, 0.3) is 11.1 Å². The Balaban J connectivity index is 1.50. The number of imide groups is 1. The van der Waals surface area contributed by atoms with Gasteiger partial charge in [0.2, 0.25) is 0 Å². The number of aryl methyl sites for hydroxylation is 1. The zero-order valence-corrected chi connectivity index (χ0v) is 21.7. The zero-order valence-electron chi connectivity index (χ0n) is 20.1. The Morgan fingerprint density at radius 2 is 1.81 bits per heavy atom. The lowest BCUT2D eigenvalue weighted by Gasteiger charge is -2.12. The van der Waals surface area contributed by atoms with Crippen molar-refractivity contribution in [1.29, 1.82) is 0 Å². The maximum absolute atomic E-state index is 12.7. The van der Waals surface area contributed by atoms with Gasteiger partial charge < -0.3 is 14.0 Å². The fourth-order valence-corrected chi connectivity index (χ4v) is 4.93. The van der Waals surface area contributed by atoms with Crippen molar-refractivity contribution in [2.24, 2.45) is 0 Å². The van der Waals surface area contributed by atoms with Crippen molar-refractivity contribution in [3.8, 4) is 11.4 Å². The number of thioether (sulfide) groups is 1. The van der Waals surface area contributed by atoms with Crippen LogP contribution in [0.4, 0.5) is 4.79 Å². The average molecular weight is 525 g/mol. The first kappa shape index (κ1) is 25.6. The Bertz CT molecular complexity index is 1350. The van der Waals surface area contributed by atoms with Gasteiger partial charge in [-0.05, 0) is 80.6 Å². The molecule has 0 atom stereocenters. The normalized spacial score (nSPS) is 14.6. The Labute approximate surface area is 218 Å². The molecule has 1 aliphatic heterocycles. The summed E-state index contributed by atoms with van der Waals surface area (Å²) in [7, 11) is 0. The summed E-state index contributed by atoms with van der Waals surface area (Å²) in [5.74, 6) is -0.391. The van der Waals surface area contributed by atoms with E-state index in [1.54, 1.807) is 13.0 Å². The first-order chi connectivity index (χ1) is 17.3. The average Bonchev–Trinajstić information content (AvgIpc) is 3.28. The van der Waals surface area contributed by atoms with Gasteiger partial charge in [0.15, 0.2) is 0 Å². The predicted octanol–water partition coefficient (Wildman–Crippen LogP) is 5.93. The van der Waals surface area contributed by atoms with E-state index < -0.39 is 17.1 Å². The SMILES string of the molecule is CCOC(=O)CN1C(=O)S/C(=C/c2cc(C)n(-c3ccc(OCc4ccccc4Cl)cc3)c2C)C1=O. The van der Waals surface area contributed by atoms with E-state index in [2.05, 4.69) is 4.57 Å². The van der Waals surface area contributed by atoms with Gasteiger partial charge in [-0.1, -0.05) is 29.8 Å². The molecule has 0 N–H and O–H groups in total. The highest BCUT2D eigenvalue weighted by atomic mass is 35.5. The van der Waals surface area contributed by atoms with Crippen molar-refractivity contribution < 1.29 is 23.9 Å². The van der Waals surface area contributed by atoms with Crippen molar-refractivity contribution in [2.45, 2.75) is 27.4 Å². The van der Waals surface area contributed by atoms with Crippen LogP contribution in [0, 0.1) is 13.8 Å². The molecule has 4 rings (SSSR count). The maximum Gasteiger partial charge on any atom is 0.326 e. The van der Waals surface area contributed by atoms with E-state index in [1.807, 2.05) is 68.4 Å². The quantitative estimate of drug-likeness (QED) is 0.268. The number of benzene rings is 2. The highest BCUT2D eigenvalue weighted by Gasteiger charge is 2.36. The van der Waals surface area contributed by atoms with Crippen LogP contribution in [0.3, 0.4) is 0 Å². The molecule has 0 radical (unpaired) electrons. The van der Waals surface area contributed by atoms with Crippen LogP contribution >= 0.6 is 23.4 Å². The number of aromatic nitrogens is 1. The molecule has 186 valence electrons. The Morgan fingerprint density at radius 1 is 1.08 bits per heavy atom. The number of nitrogens with zero attached hydrogens (tertiary/aromatic N) is 2. The second kappa shape index (κ2) is 11.1. The molecule has 1 aliphatic rings. The van der Waals surface area contributed by atoms with Crippen LogP contribution in [-0.4, -0.2) is 39.7 Å². The lowest BCUT2D eigenvalue weighted by Crippen LogP contribution is -2.34. The summed E-state index contributed by atoms with van der Waals surface area (Å²) in [4.78, 5) is 38.0. The van der Waals surface area contributed by atoms with Crippen LogP contribution in [0.2, 0.25) is 5.02 Å². The fourth-order valence-electron chi connectivity index (χ4n) is 3.91. The second-order valence-electron chi connectivity index (χ2n) is 8.11. The van der Waals surface area contributed by atoms with Crippen molar-refractivity contribution in [3.05, 3.63) is 87.0 Å².